The number of fused-ring (bicyclic) bond motifs is 1. The number of carbonyl (C=O) groups is 1. The molecule has 0 amide bonds. The number of nitrogens with one attached hydrogen (secondary N) is 2. The van der Waals surface area contributed by atoms with Crippen LogP contribution in [0.2, 0.25) is 0 Å². The maximum Gasteiger partial charge on any atom is 0.241 e. The fraction of sp³-hybridized carbons (Fsp3) is 0.154. The van der Waals surface area contributed by atoms with Gasteiger partial charge in [0.2, 0.25) is 11.2 Å². The lowest BCUT2D eigenvalue weighted by Gasteiger charge is -2.19. The standard InChI is InChI=1S/C26H23N3O3S/c1-5-22(30)19-15-29(20-12-13-27-24(20)25(19)31)21-14-18(28-33-6-2)10-11-23(21)32-26-16(3)8-7-9-17(26)4/h1,7-15,27-28H,6H2,2-4H3. The first-order chi connectivity index (χ1) is 15.9. The Morgan fingerprint density at radius 2 is 1.97 bits per heavy atom. The van der Waals surface area contributed by atoms with Crippen LogP contribution in [-0.4, -0.2) is 21.1 Å². The molecule has 0 aliphatic carbocycles. The van der Waals surface area contributed by atoms with E-state index in [0.29, 0.717) is 22.5 Å². The zero-order valence-corrected chi connectivity index (χ0v) is 19.4. The van der Waals surface area contributed by atoms with Crippen LogP contribution in [0, 0.1) is 26.2 Å². The Kier molecular flexibility index (Phi) is 6.29. The molecule has 2 aromatic carbocycles. The summed E-state index contributed by atoms with van der Waals surface area (Å²) in [5.74, 6) is 3.60. The van der Waals surface area contributed by atoms with Crippen LogP contribution in [-0.2, 0) is 0 Å². The van der Waals surface area contributed by atoms with E-state index < -0.39 is 11.2 Å². The van der Waals surface area contributed by atoms with E-state index in [1.165, 1.54) is 6.20 Å². The molecule has 0 atom stereocenters. The van der Waals surface area contributed by atoms with Crippen molar-refractivity contribution in [2.45, 2.75) is 20.8 Å². The summed E-state index contributed by atoms with van der Waals surface area (Å²) in [4.78, 5) is 28.1. The largest absolute Gasteiger partial charge is 0.455 e. The van der Waals surface area contributed by atoms with Gasteiger partial charge >= 0.3 is 0 Å². The van der Waals surface area contributed by atoms with Crippen molar-refractivity contribution in [3.05, 3.63) is 81.8 Å². The lowest BCUT2D eigenvalue weighted by Crippen LogP contribution is -2.18. The molecule has 0 aliphatic heterocycles. The van der Waals surface area contributed by atoms with Crippen LogP contribution >= 0.6 is 11.9 Å². The molecule has 2 heterocycles. The van der Waals surface area contributed by atoms with Crippen molar-refractivity contribution in [3.8, 4) is 29.5 Å². The monoisotopic (exact) mass is 457 g/mol. The van der Waals surface area contributed by atoms with E-state index >= 15 is 0 Å². The van der Waals surface area contributed by atoms with E-state index in [1.54, 1.807) is 28.8 Å². The summed E-state index contributed by atoms with van der Waals surface area (Å²) in [7, 11) is 0. The molecular weight excluding hydrogens is 434 g/mol. The Balaban J connectivity index is 1.97. The topological polar surface area (TPSA) is 76.1 Å². The molecule has 0 radical (unpaired) electrons. The maximum absolute atomic E-state index is 12.8. The predicted molar refractivity (Wildman–Crippen MR) is 135 cm³/mol. The van der Waals surface area contributed by atoms with Crippen molar-refractivity contribution >= 4 is 34.5 Å². The third-order valence-corrected chi connectivity index (χ3v) is 5.93. The number of terminal acetylenes is 1. The van der Waals surface area contributed by atoms with Crippen molar-refractivity contribution in [1.82, 2.24) is 9.55 Å². The number of hydrogen-bond donors (Lipinski definition) is 2. The number of benzene rings is 2. The molecule has 0 fully saturated rings. The molecule has 0 spiro atoms. The van der Waals surface area contributed by atoms with E-state index in [4.69, 9.17) is 11.2 Å². The highest BCUT2D eigenvalue weighted by Crippen LogP contribution is 2.35. The van der Waals surface area contributed by atoms with Crippen LogP contribution in [0.4, 0.5) is 5.69 Å². The lowest BCUT2D eigenvalue weighted by atomic mass is 10.1. The summed E-state index contributed by atoms with van der Waals surface area (Å²) in [5, 5.41) is 0. The molecule has 0 aliphatic rings. The third-order valence-electron chi connectivity index (χ3n) is 5.26. The molecule has 6 nitrogen and oxygen atoms in total. The highest BCUT2D eigenvalue weighted by atomic mass is 32.2. The van der Waals surface area contributed by atoms with Gasteiger partial charge in [-0.3, -0.25) is 9.59 Å². The van der Waals surface area contributed by atoms with Gasteiger partial charge in [0, 0.05) is 23.8 Å². The fourth-order valence-corrected chi connectivity index (χ4v) is 4.09. The first-order valence-corrected chi connectivity index (χ1v) is 11.4. The minimum absolute atomic E-state index is 0.0771. The second-order valence-corrected chi connectivity index (χ2v) is 8.56. The highest BCUT2D eigenvalue weighted by Gasteiger charge is 2.19. The Hall–Kier alpha value is -3.89. The van der Waals surface area contributed by atoms with Crippen molar-refractivity contribution in [2.75, 3.05) is 10.5 Å². The number of aryl methyl sites for hydroxylation is 2. The number of anilines is 1. The molecule has 2 aromatic heterocycles. The summed E-state index contributed by atoms with van der Waals surface area (Å²) in [5.41, 5.74) is 3.93. The number of ether oxygens (including phenoxy) is 1. The molecule has 33 heavy (non-hydrogen) atoms. The van der Waals surface area contributed by atoms with Crippen LogP contribution in [0.1, 0.15) is 28.4 Å². The predicted octanol–water partition coefficient (Wildman–Crippen LogP) is 5.62. The average Bonchev–Trinajstić information content (AvgIpc) is 3.31. The molecule has 4 aromatic rings. The number of carbonyl (C=O) groups excluding carboxylic acids is 1. The summed E-state index contributed by atoms with van der Waals surface area (Å²) in [6, 6.07) is 13.5. The van der Waals surface area contributed by atoms with Crippen molar-refractivity contribution < 1.29 is 9.53 Å². The number of H-pyrrole nitrogens is 1. The van der Waals surface area contributed by atoms with Crippen LogP contribution in [0.15, 0.2) is 59.7 Å². The molecule has 0 saturated heterocycles. The van der Waals surface area contributed by atoms with E-state index in [1.807, 2.05) is 50.2 Å². The summed E-state index contributed by atoms with van der Waals surface area (Å²) in [6.45, 7) is 6.03. The van der Waals surface area contributed by atoms with E-state index in [9.17, 15) is 9.59 Å². The van der Waals surface area contributed by atoms with Crippen molar-refractivity contribution in [1.29, 1.82) is 0 Å². The number of pyridine rings is 1. The zero-order chi connectivity index (χ0) is 23.5. The minimum Gasteiger partial charge on any atom is -0.455 e. The Bertz CT molecular complexity index is 1440. The molecule has 166 valence electrons. The number of ketones is 1. The van der Waals surface area contributed by atoms with Gasteiger partial charge in [0.25, 0.3) is 0 Å². The van der Waals surface area contributed by atoms with Gasteiger partial charge in [0.15, 0.2) is 5.75 Å². The van der Waals surface area contributed by atoms with Crippen molar-refractivity contribution in [3.63, 3.8) is 0 Å². The van der Waals surface area contributed by atoms with Gasteiger partial charge < -0.3 is 19.0 Å². The van der Waals surface area contributed by atoms with Gasteiger partial charge in [0.05, 0.1) is 16.8 Å². The first kappa shape index (κ1) is 22.3. The van der Waals surface area contributed by atoms with Gasteiger partial charge in [-0.2, -0.15) is 0 Å². The van der Waals surface area contributed by atoms with Crippen LogP contribution in [0.25, 0.3) is 16.7 Å². The van der Waals surface area contributed by atoms with Gasteiger partial charge in [-0.15, -0.1) is 6.42 Å². The molecule has 0 unspecified atom stereocenters. The molecule has 0 saturated carbocycles. The van der Waals surface area contributed by atoms with E-state index in [0.717, 1.165) is 28.3 Å². The van der Waals surface area contributed by atoms with Crippen LogP contribution in [0.3, 0.4) is 0 Å². The van der Waals surface area contributed by atoms with Crippen molar-refractivity contribution in [2.24, 2.45) is 0 Å². The minimum atomic E-state index is -0.668. The number of aromatic nitrogens is 2. The molecule has 7 heteroatoms. The summed E-state index contributed by atoms with van der Waals surface area (Å²) < 4.78 is 11.5. The second-order valence-electron chi connectivity index (χ2n) is 7.49. The van der Waals surface area contributed by atoms with Crippen LogP contribution in [0.5, 0.6) is 11.5 Å². The zero-order valence-electron chi connectivity index (χ0n) is 18.6. The quantitative estimate of drug-likeness (QED) is 0.163. The van der Waals surface area contributed by atoms with Gasteiger partial charge in [-0.05, 0) is 55.2 Å². The van der Waals surface area contributed by atoms with E-state index in [-0.39, 0.29) is 5.56 Å². The number of aromatic amines is 1. The SMILES string of the molecule is C#CC(=O)c1cn(-c2cc(NSCC)ccc2Oc2c(C)cccc2C)c2cc[nH]c2c1=O. The number of Topliss-reactive ketones (excluding diaryl/α,β-unsaturated/α-hetero) is 1. The molecule has 0 bridgehead atoms. The average molecular weight is 458 g/mol. The highest BCUT2D eigenvalue weighted by molar-refractivity contribution is 8.00. The third kappa shape index (κ3) is 4.26. The van der Waals surface area contributed by atoms with Gasteiger partial charge in [-0.1, -0.05) is 37.1 Å². The number of rotatable bonds is 7. The van der Waals surface area contributed by atoms with E-state index in [2.05, 4.69) is 22.6 Å². The maximum atomic E-state index is 12.8. The summed E-state index contributed by atoms with van der Waals surface area (Å²) in [6.07, 6.45) is 8.48. The first-order valence-electron chi connectivity index (χ1n) is 10.4. The molecule has 4 rings (SSSR count). The normalized spacial score (nSPS) is 10.7. The number of hydrogen-bond acceptors (Lipinski definition) is 5. The number of nitrogens with zero attached hydrogens (tertiary/aromatic N) is 1. The second kappa shape index (κ2) is 9.31. The van der Waals surface area contributed by atoms with Crippen LogP contribution < -0.4 is 14.9 Å². The molecule has 2 N–H and O–H groups in total. The Morgan fingerprint density at radius 3 is 2.67 bits per heavy atom. The molecular formula is C26H23N3O3S. The Morgan fingerprint density at radius 1 is 1.21 bits per heavy atom. The van der Waals surface area contributed by atoms with Gasteiger partial charge in [-0.25, -0.2) is 0 Å². The summed E-state index contributed by atoms with van der Waals surface area (Å²) >= 11 is 1.56. The van der Waals surface area contributed by atoms with Gasteiger partial charge in [0.1, 0.15) is 11.3 Å². The Labute approximate surface area is 196 Å². The fourth-order valence-electron chi connectivity index (χ4n) is 3.66. The lowest BCUT2D eigenvalue weighted by molar-refractivity contribution is 0.105. The smallest absolute Gasteiger partial charge is 0.241 e. The number of para-hydroxylation sites is 1.